The SMILES string of the molecule is CCC(CC)CN(CC)C(=O)/C=C/c1ccc(NS(C)(=O)=O)cc1. The summed E-state index contributed by atoms with van der Waals surface area (Å²) in [4.78, 5) is 14.2. The molecule has 0 aromatic heterocycles. The number of rotatable bonds is 9. The first-order valence-electron chi connectivity index (χ1n) is 8.33. The van der Waals surface area contributed by atoms with Gasteiger partial charge in [-0.05, 0) is 36.6 Å². The molecule has 5 nitrogen and oxygen atoms in total. The van der Waals surface area contributed by atoms with Crippen LogP contribution in [0.25, 0.3) is 6.08 Å². The molecular weight excluding hydrogens is 324 g/mol. The van der Waals surface area contributed by atoms with Crippen LogP contribution in [0.3, 0.4) is 0 Å². The van der Waals surface area contributed by atoms with E-state index in [-0.39, 0.29) is 5.91 Å². The molecule has 0 fully saturated rings. The lowest BCUT2D eigenvalue weighted by Crippen LogP contribution is -2.33. The topological polar surface area (TPSA) is 66.5 Å². The molecule has 0 aliphatic heterocycles. The van der Waals surface area contributed by atoms with Gasteiger partial charge in [0.15, 0.2) is 0 Å². The second-order valence-electron chi connectivity index (χ2n) is 5.89. The van der Waals surface area contributed by atoms with Gasteiger partial charge in [0.2, 0.25) is 15.9 Å². The zero-order valence-corrected chi connectivity index (χ0v) is 15.8. The summed E-state index contributed by atoms with van der Waals surface area (Å²) < 4.78 is 24.7. The molecule has 1 N–H and O–H groups in total. The van der Waals surface area contributed by atoms with Crippen molar-refractivity contribution in [1.29, 1.82) is 0 Å². The zero-order valence-electron chi connectivity index (χ0n) is 15.0. The molecule has 24 heavy (non-hydrogen) atoms. The van der Waals surface area contributed by atoms with Crippen LogP contribution in [0.15, 0.2) is 30.3 Å². The normalized spacial score (nSPS) is 11.9. The fourth-order valence-electron chi connectivity index (χ4n) is 2.38. The van der Waals surface area contributed by atoms with E-state index in [1.165, 1.54) is 0 Å². The number of carbonyl (C=O) groups is 1. The molecule has 0 unspecified atom stereocenters. The van der Waals surface area contributed by atoms with Crippen LogP contribution in [0.1, 0.15) is 39.2 Å². The van der Waals surface area contributed by atoms with Crippen LogP contribution < -0.4 is 4.72 Å². The molecule has 0 heterocycles. The van der Waals surface area contributed by atoms with E-state index in [0.717, 1.165) is 31.2 Å². The summed E-state index contributed by atoms with van der Waals surface area (Å²) in [5.41, 5.74) is 1.35. The molecule has 0 aliphatic rings. The van der Waals surface area contributed by atoms with Crippen LogP contribution in [0, 0.1) is 5.92 Å². The Balaban J connectivity index is 2.71. The Morgan fingerprint density at radius 3 is 2.21 bits per heavy atom. The molecule has 0 aliphatic carbocycles. The molecule has 0 radical (unpaired) electrons. The number of hydrogen-bond donors (Lipinski definition) is 1. The van der Waals surface area contributed by atoms with Gasteiger partial charge < -0.3 is 4.90 Å². The smallest absolute Gasteiger partial charge is 0.246 e. The first kappa shape index (κ1) is 20.2. The maximum Gasteiger partial charge on any atom is 0.246 e. The Labute approximate surface area is 145 Å². The average molecular weight is 353 g/mol. The molecule has 0 atom stereocenters. The van der Waals surface area contributed by atoms with Crippen molar-refractivity contribution in [3.05, 3.63) is 35.9 Å². The quantitative estimate of drug-likeness (QED) is 0.693. The lowest BCUT2D eigenvalue weighted by atomic mass is 10.0. The third-order valence-electron chi connectivity index (χ3n) is 3.96. The molecule has 1 amide bonds. The summed E-state index contributed by atoms with van der Waals surface area (Å²) in [5.74, 6) is 0.534. The van der Waals surface area contributed by atoms with Gasteiger partial charge in [0.1, 0.15) is 0 Å². The molecular formula is C18H28N2O3S. The summed E-state index contributed by atoms with van der Waals surface area (Å²) in [5, 5.41) is 0. The van der Waals surface area contributed by atoms with Gasteiger partial charge in [0.25, 0.3) is 0 Å². The van der Waals surface area contributed by atoms with Crippen molar-refractivity contribution in [2.24, 2.45) is 5.92 Å². The van der Waals surface area contributed by atoms with Gasteiger partial charge in [0.05, 0.1) is 6.26 Å². The molecule has 0 saturated heterocycles. The second kappa shape index (κ2) is 9.47. The first-order chi connectivity index (χ1) is 11.3. The minimum atomic E-state index is -3.28. The number of carbonyl (C=O) groups excluding carboxylic acids is 1. The number of benzene rings is 1. The lowest BCUT2D eigenvalue weighted by molar-refractivity contribution is -0.126. The predicted octanol–water partition coefficient (Wildman–Crippen LogP) is 3.36. The highest BCUT2D eigenvalue weighted by Gasteiger charge is 2.13. The zero-order chi connectivity index (χ0) is 18.2. The van der Waals surface area contributed by atoms with Gasteiger partial charge in [0, 0.05) is 24.9 Å². The third kappa shape index (κ3) is 7.17. The summed E-state index contributed by atoms with van der Waals surface area (Å²) >= 11 is 0. The molecule has 0 bridgehead atoms. The minimum absolute atomic E-state index is 0.00253. The highest BCUT2D eigenvalue weighted by atomic mass is 32.2. The predicted molar refractivity (Wildman–Crippen MR) is 100 cm³/mol. The van der Waals surface area contributed by atoms with Gasteiger partial charge in [-0.3, -0.25) is 9.52 Å². The monoisotopic (exact) mass is 352 g/mol. The number of sulfonamides is 1. The fourth-order valence-corrected chi connectivity index (χ4v) is 2.95. The minimum Gasteiger partial charge on any atom is -0.339 e. The van der Waals surface area contributed by atoms with Crippen LogP contribution in [0.2, 0.25) is 0 Å². The van der Waals surface area contributed by atoms with E-state index in [0.29, 0.717) is 18.2 Å². The van der Waals surface area contributed by atoms with Crippen molar-refractivity contribution in [3.63, 3.8) is 0 Å². The van der Waals surface area contributed by atoms with Crippen molar-refractivity contribution >= 4 is 27.7 Å². The van der Waals surface area contributed by atoms with Crippen molar-refractivity contribution < 1.29 is 13.2 Å². The Hall–Kier alpha value is -1.82. The number of anilines is 1. The lowest BCUT2D eigenvalue weighted by Gasteiger charge is -2.24. The summed E-state index contributed by atoms with van der Waals surface area (Å²) in [6, 6.07) is 6.89. The first-order valence-corrected chi connectivity index (χ1v) is 10.2. The standard InChI is InChI=1S/C18H28N2O3S/c1-5-15(6-2)14-20(7-3)18(21)13-10-16-8-11-17(12-9-16)19-24(4,22)23/h8-13,15,19H,5-7,14H2,1-4H3/b13-10+. The summed E-state index contributed by atoms with van der Waals surface area (Å²) in [6.45, 7) is 7.75. The maximum absolute atomic E-state index is 12.3. The van der Waals surface area contributed by atoms with Gasteiger partial charge >= 0.3 is 0 Å². The van der Waals surface area contributed by atoms with Crippen LogP contribution in [-0.4, -0.2) is 38.6 Å². The molecule has 0 spiro atoms. The highest BCUT2D eigenvalue weighted by Crippen LogP contribution is 2.13. The van der Waals surface area contributed by atoms with Crippen LogP contribution in [0.4, 0.5) is 5.69 Å². The average Bonchev–Trinajstić information content (AvgIpc) is 2.54. The Morgan fingerprint density at radius 1 is 1.17 bits per heavy atom. The highest BCUT2D eigenvalue weighted by molar-refractivity contribution is 7.92. The molecule has 1 aromatic carbocycles. The van der Waals surface area contributed by atoms with Gasteiger partial charge in [-0.15, -0.1) is 0 Å². The van der Waals surface area contributed by atoms with E-state index in [9.17, 15) is 13.2 Å². The van der Waals surface area contributed by atoms with Crippen molar-refractivity contribution in [2.75, 3.05) is 24.1 Å². The van der Waals surface area contributed by atoms with Gasteiger partial charge in [-0.25, -0.2) is 8.42 Å². The fraction of sp³-hybridized carbons (Fsp3) is 0.500. The van der Waals surface area contributed by atoms with E-state index in [2.05, 4.69) is 18.6 Å². The molecule has 1 rings (SSSR count). The van der Waals surface area contributed by atoms with E-state index in [1.54, 1.807) is 36.4 Å². The van der Waals surface area contributed by atoms with Crippen LogP contribution in [-0.2, 0) is 14.8 Å². The number of nitrogens with one attached hydrogen (secondary N) is 1. The van der Waals surface area contributed by atoms with Crippen LogP contribution >= 0.6 is 0 Å². The van der Waals surface area contributed by atoms with Crippen molar-refractivity contribution in [1.82, 2.24) is 4.90 Å². The summed E-state index contributed by atoms with van der Waals surface area (Å²) in [6.07, 6.45) is 6.57. The van der Waals surface area contributed by atoms with E-state index >= 15 is 0 Å². The molecule has 1 aromatic rings. The molecule has 0 saturated carbocycles. The Bertz CT molecular complexity index is 647. The van der Waals surface area contributed by atoms with E-state index < -0.39 is 10.0 Å². The van der Waals surface area contributed by atoms with Crippen LogP contribution in [0.5, 0.6) is 0 Å². The Kier molecular flexibility index (Phi) is 7.98. The molecule has 6 heteroatoms. The number of amides is 1. The largest absolute Gasteiger partial charge is 0.339 e. The Morgan fingerprint density at radius 2 is 1.75 bits per heavy atom. The number of hydrogen-bond acceptors (Lipinski definition) is 3. The van der Waals surface area contributed by atoms with Gasteiger partial charge in [-0.2, -0.15) is 0 Å². The maximum atomic E-state index is 12.3. The third-order valence-corrected chi connectivity index (χ3v) is 4.57. The molecule has 134 valence electrons. The van der Waals surface area contributed by atoms with Crippen molar-refractivity contribution in [2.45, 2.75) is 33.6 Å². The second-order valence-corrected chi connectivity index (χ2v) is 7.64. The number of nitrogens with zero attached hydrogens (tertiary/aromatic N) is 1. The van der Waals surface area contributed by atoms with Gasteiger partial charge in [-0.1, -0.05) is 38.8 Å². The van der Waals surface area contributed by atoms with E-state index in [1.807, 2.05) is 11.8 Å². The van der Waals surface area contributed by atoms with E-state index in [4.69, 9.17) is 0 Å². The summed E-state index contributed by atoms with van der Waals surface area (Å²) in [7, 11) is -3.28. The van der Waals surface area contributed by atoms with Crippen molar-refractivity contribution in [3.8, 4) is 0 Å². The number of likely N-dealkylation sites (N-methyl/N-ethyl adjacent to an activating group) is 1.